The van der Waals surface area contributed by atoms with Crippen LogP contribution in [0.5, 0.6) is 0 Å². The predicted molar refractivity (Wildman–Crippen MR) is 88.8 cm³/mol. The van der Waals surface area contributed by atoms with E-state index in [1.807, 2.05) is 24.3 Å². The van der Waals surface area contributed by atoms with Gasteiger partial charge in [-0.05, 0) is 24.7 Å². The first-order valence-corrected chi connectivity index (χ1v) is 8.26. The lowest BCUT2D eigenvalue weighted by Gasteiger charge is -2.26. The molecule has 112 valence electrons. The number of anilines is 1. The van der Waals surface area contributed by atoms with E-state index in [1.165, 1.54) is 32.1 Å². The van der Waals surface area contributed by atoms with Gasteiger partial charge in [-0.25, -0.2) is 0 Å². The Hall–Kier alpha value is -1.35. The second kappa shape index (κ2) is 6.61. The standard InChI is InChI=1S/C17H22ClN3/c1-12-5-4-6-13(11-12)9-10-19-17-15-8-3-2-7-14(15)16(18)20-21-17/h2-3,7-8,12-13H,4-6,9-11H2,1H3,(H,19,21). The van der Waals surface area contributed by atoms with Gasteiger partial charge in [0, 0.05) is 17.3 Å². The molecule has 2 atom stereocenters. The number of hydrogen-bond acceptors (Lipinski definition) is 3. The molecule has 21 heavy (non-hydrogen) atoms. The maximum Gasteiger partial charge on any atom is 0.159 e. The van der Waals surface area contributed by atoms with Crippen LogP contribution in [-0.2, 0) is 0 Å². The smallest absolute Gasteiger partial charge is 0.159 e. The zero-order valence-electron chi connectivity index (χ0n) is 12.5. The van der Waals surface area contributed by atoms with E-state index in [9.17, 15) is 0 Å². The third-order valence-electron chi connectivity index (χ3n) is 4.53. The van der Waals surface area contributed by atoms with Crippen LogP contribution >= 0.6 is 11.6 Å². The minimum absolute atomic E-state index is 0.470. The summed E-state index contributed by atoms with van der Waals surface area (Å²) in [5.74, 6) is 2.59. The first-order valence-electron chi connectivity index (χ1n) is 7.89. The summed E-state index contributed by atoms with van der Waals surface area (Å²) in [5, 5.41) is 14.2. The lowest BCUT2D eigenvalue weighted by Crippen LogP contribution is -2.17. The Bertz CT molecular complexity index is 614. The first kappa shape index (κ1) is 14.6. The molecule has 0 spiro atoms. The molecule has 1 saturated carbocycles. The molecule has 1 N–H and O–H groups in total. The van der Waals surface area contributed by atoms with Crippen molar-refractivity contribution in [1.82, 2.24) is 10.2 Å². The molecule has 0 aliphatic heterocycles. The van der Waals surface area contributed by atoms with Crippen molar-refractivity contribution >= 4 is 28.2 Å². The Kier molecular flexibility index (Phi) is 4.59. The summed E-state index contributed by atoms with van der Waals surface area (Å²) in [7, 11) is 0. The van der Waals surface area contributed by atoms with E-state index in [0.29, 0.717) is 5.15 Å². The zero-order chi connectivity index (χ0) is 14.7. The topological polar surface area (TPSA) is 37.8 Å². The maximum absolute atomic E-state index is 6.10. The molecule has 3 nitrogen and oxygen atoms in total. The van der Waals surface area contributed by atoms with Crippen LogP contribution in [0.3, 0.4) is 0 Å². The highest BCUT2D eigenvalue weighted by atomic mass is 35.5. The van der Waals surface area contributed by atoms with Crippen molar-refractivity contribution in [3.8, 4) is 0 Å². The van der Waals surface area contributed by atoms with Crippen molar-refractivity contribution in [2.75, 3.05) is 11.9 Å². The molecule has 1 fully saturated rings. The number of nitrogens with zero attached hydrogens (tertiary/aromatic N) is 2. The molecule has 1 aliphatic carbocycles. The number of benzene rings is 1. The van der Waals surface area contributed by atoms with E-state index < -0.39 is 0 Å². The number of rotatable bonds is 4. The molecular formula is C17H22ClN3. The summed E-state index contributed by atoms with van der Waals surface area (Å²) in [4.78, 5) is 0. The summed E-state index contributed by atoms with van der Waals surface area (Å²) >= 11 is 6.10. The monoisotopic (exact) mass is 303 g/mol. The fourth-order valence-electron chi connectivity index (χ4n) is 3.42. The minimum atomic E-state index is 0.470. The molecule has 4 heteroatoms. The lowest BCUT2D eigenvalue weighted by atomic mass is 9.81. The Morgan fingerprint density at radius 2 is 2.00 bits per heavy atom. The molecule has 0 bridgehead atoms. The highest BCUT2D eigenvalue weighted by molar-refractivity contribution is 6.34. The van der Waals surface area contributed by atoms with Crippen LogP contribution in [0.4, 0.5) is 5.82 Å². The highest BCUT2D eigenvalue weighted by Crippen LogP contribution is 2.31. The number of halogens is 1. The molecule has 0 saturated heterocycles. The van der Waals surface area contributed by atoms with Crippen molar-refractivity contribution in [1.29, 1.82) is 0 Å². The number of nitrogens with one attached hydrogen (secondary N) is 1. The second-order valence-corrected chi connectivity index (χ2v) is 6.60. The maximum atomic E-state index is 6.10. The van der Waals surface area contributed by atoms with Gasteiger partial charge < -0.3 is 5.32 Å². The van der Waals surface area contributed by atoms with Crippen LogP contribution in [0.25, 0.3) is 10.8 Å². The molecule has 2 unspecified atom stereocenters. The molecule has 0 amide bonds. The summed E-state index contributed by atoms with van der Waals surface area (Å²) in [5.41, 5.74) is 0. The molecule has 2 aromatic rings. The van der Waals surface area contributed by atoms with Crippen molar-refractivity contribution in [2.45, 2.75) is 39.0 Å². The number of aromatic nitrogens is 2. The van der Waals surface area contributed by atoms with E-state index in [1.54, 1.807) is 0 Å². The molecule has 0 radical (unpaired) electrons. The number of fused-ring (bicyclic) bond motifs is 1. The van der Waals surface area contributed by atoms with Gasteiger partial charge in [0.05, 0.1) is 0 Å². The van der Waals surface area contributed by atoms with E-state index in [4.69, 9.17) is 11.6 Å². The summed E-state index contributed by atoms with van der Waals surface area (Å²) in [6.07, 6.45) is 6.74. The molecule has 1 aliphatic rings. The fourth-order valence-corrected chi connectivity index (χ4v) is 3.62. The average Bonchev–Trinajstić information content (AvgIpc) is 2.50. The molecule has 1 aromatic carbocycles. The minimum Gasteiger partial charge on any atom is -0.368 e. The molecule has 1 heterocycles. The Labute approximate surface area is 131 Å². The van der Waals surface area contributed by atoms with Gasteiger partial charge >= 0.3 is 0 Å². The van der Waals surface area contributed by atoms with Gasteiger partial charge in [-0.1, -0.05) is 62.1 Å². The van der Waals surface area contributed by atoms with Crippen molar-refractivity contribution in [2.24, 2.45) is 11.8 Å². The largest absolute Gasteiger partial charge is 0.368 e. The van der Waals surface area contributed by atoms with Gasteiger partial charge in [0.2, 0.25) is 0 Å². The number of hydrogen-bond donors (Lipinski definition) is 1. The SMILES string of the molecule is CC1CCCC(CCNc2nnc(Cl)c3ccccc23)C1. The van der Waals surface area contributed by atoms with Crippen LogP contribution in [-0.4, -0.2) is 16.7 Å². The zero-order valence-corrected chi connectivity index (χ0v) is 13.2. The van der Waals surface area contributed by atoms with E-state index in [2.05, 4.69) is 22.4 Å². The second-order valence-electron chi connectivity index (χ2n) is 6.24. The van der Waals surface area contributed by atoms with Crippen LogP contribution in [0.2, 0.25) is 5.15 Å². The average molecular weight is 304 g/mol. The summed E-state index contributed by atoms with van der Waals surface area (Å²) < 4.78 is 0. The van der Waals surface area contributed by atoms with Gasteiger partial charge in [-0.2, -0.15) is 0 Å². The van der Waals surface area contributed by atoms with Gasteiger partial charge in [-0.15, -0.1) is 10.2 Å². The van der Waals surface area contributed by atoms with E-state index in [0.717, 1.165) is 35.0 Å². The Balaban J connectivity index is 1.64. The van der Waals surface area contributed by atoms with Crippen LogP contribution in [0, 0.1) is 11.8 Å². The summed E-state index contributed by atoms with van der Waals surface area (Å²) in [6, 6.07) is 8.01. The molecular weight excluding hydrogens is 282 g/mol. The van der Waals surface area contributed by atoms with Gasteiger partial charge in [0.1, 0.15) is 0 Å². The normalized spacial score (nSPS) is 22.4. The van der Waals surface area contributed by atoms with Gasteiger partial charge in [-0.3, -0.25) is 0 Å². The molecule has 3 rings (SSSR count). The third kappa shape index (κ3) is 3.46. The highest BCUT2D eigenvalue weighted by Gasteiger charge is 2.18. The Morgan fingerprint density at radius 1 is 1.19 bits per heavy atom. The lowest BCUT2D eigenvalue weighted by molar-refractivity contribution is 0.274. The summed E-state index contributed by atoms with van der Waals surface area (Å²) in [6.45, 7) is 3.33. The van der Waals surface area contributed by atoms with Crippen LogP contribution in [0.1, 0.15) is 39.0 Å². The molecule has 1 aromatic heterocycles. The first-order chi connectivity index (χ1) is 10.2. The quantitative estimate of drug-likeness (QED) is 0.872. The fraction of sp³-hybridized carbons (Fsp3) is 0.529. The third-order valence-corrected chi connectivity index (χ3v) is 4.81. The van der Waals surface area contributed by atoms with Crippen LogP contribution < -0.4 is 5.32 Å². The predicted octanol–water partition coefficient (Wildman–Crippen LogP) is 4.91. The van der Waals surface area contributed by atoms with Crippen molar-refractivity contribution < 1.29 is 0 Å². The van der Waals surface area contributed by atoms with Crippen molar-refractivity contribution in [3.63, 3.8) is 0 Å². The Morgan fingerprint density at radius 3 is 2.81 bits per heavy atom. The van der Waals surface area contributed by atoms with E-state index >= 15 is 0 Å². The van der Waals surface area contributed by atoms with Crippen LogP contribution in [0.15, 0.2) is 24.3 Å². The van der Waals surface area contributed by atoms with Gasteiger partial charge in [0.15, 0.2) is 11.0 Å². The van der Waals surface area contributed by atoms with E-state index in [-0.39, 0.29) is 0 Å². The van der Waals surface area contributed by atoms with Gasteiger partial charge in [0.25, 0.3) is 0 Å². The van der Waals surface area contributed by atoms with Crippen molar-refractivity contribution in [3.05, 3.63) is 29.4 Å².